The lowest BCUT2D eigenvalue weighted by atomic mass is 10.3. The molecule has 0 amide bonds. The van der Waals surface area contributed by atoms with E-state index in [-0.39, 0.29) is 11.0 Å². The Bertz CT molecular complexity index is 950. The van der Waals surface area contributed by atoms with Gasteiger partial charge in [0, 0.05) is 16.0 Å². The summed E-state index contributed by atoms with van der Waals surface area (Å²) in [6.07, 6.45) is 3.13. The van der Waals surface area contributed by atoms with E-state index in [1.54, 1.807) is 48.8 Å². The van der Waals surface area contributed by atoms with Crippen molar-refractivity contribution in [1.82, 2.24) is 8.96 Å². The van der Waals surface area contributed by atoms with Crippen LogP contribution in [-0.4, -0.2) is 23.5 Å². The van der Waals surface area contributed by atoms with Crippen LogP contribution >= 0.6 is 22.6 Å². The normalized spacial score (nSPS) is 12.0. The van der Waals surface area contributed by atoms with Crippen LogP contribution in [0, 0.1) is 3.57 Å². The molecule has 0 bridgehead atoms. The van der Waals surface area contributed by atoms with Crippen molar-refractivity contribution in [3.8, 4) is 5.75 Å². The molecule has 0 aliphatic rings. The molecule has 0 N–H and O–H groups in total. The van der Waals surface area contributed by atoms with E-state index in [0.29, 0.717) is 16.8 Å². The molecule has 3 rings (SSSR count). The second-order valence-electron chi connectivity index (χ2n) is 5.27. The number of fused-ring (bicyclic) bond motifs is 1. The third-order valence-corrected chi connectivity index (χ3v) is 5.72. The van der Waals surface area contributed by atoms with Crippen LogP contribution < -0.4 is 4.74 Å². The zero-order valence-corrected chi connectivity index (χ0v) is 15.6. The standard InChI is InChI=1S/C16H15IN2O3S/c1-11(2)22-14-8-9-18-16-15(14)13(17)10-19(16)23(20,21)12-6-4-3-5-7-12/h3-11H,1-2H3. The monoisotopic (exact) mass is 442 g/mol. The summed E-state index contributed by atoms with van der Waals surface area (Å²) in [4.78, 5) is 4.49. The fraction of sp³-hybridized carbons (Fsp3) is 0.188. The van der Waals surface area contributed by atoms with Gasteiger partial charge in [0.15, 0.2) is 5.65 Å². The molecule has 120 valence electrons. The van der Waals surface area contributed by atoms with Gasteiger partial charge in [-0.1, -0.05) is 18.2 Å². The molecule has 0 saturated carbocycles. The minimum Gasteiger partial charge on any atom is -0.490 e. The smallest absolute Gasteiger partial charge is 0.269 e. The first-order valence-electron chi connectivity index (χ1n) is 7.04. The predicted octanol–water partition coefficient (Wildman–Crippen LogP) is 3.67. The zero-order chi connectivity index (χ0) is 16.6. The second kappa shape index (κ2) is 6.12. The van der Waals surface area contributed by atoms with Gasteiger partial charge in [-0.25, -0.2) is 17.4 Å². The molecule has 2 heterocycles. The minimum absolute atomic E-state index is 0.00881. The van der Waals surface area contributed by atoms with Crippen molar-refractivity contribution in [2.75, 3.05) is 0 Å². The summed E-state index contributed by atoms with van der Waals surface area (Å²) in [6, 6.07) is 10.1. The molecule has 2 aromatic heterocycles. The molecule has 0 spiro atoms. The third kappa shape index (κ3) is 2.94. The molecule has 0 atom stereocenters. The van der Waals surface area contributed by atoms with Gasteiger partial charge in [0.2, 0.25) is 0 Å². The van der Waals surface area contributed by atoms with E-state index in [1.807, 2.05) is 13.8 Å². The predicted molar refractivity (Wildman–Crippen MR) is 97.2 cm³/mol. The van der Waals surface area contributed by atoms with E-state index < -0.39 is 10.0 Å². The van der Waals surface area contributed by atoms with Crippen LogP contribution in [0.4, 0.5) is 0 Å². The number of pyridine rings is 1. The average Bonchev–Trinajstić information content (AvgIpc) is 2.87. The van der Waals surface area contributed by atoms with Gasteiger partial charge in [-0.15, -0.1) is 0 Å². The van der Waals surface area contributed by atoms with Crippen LogP contribution in [0.2, 0.25) is 0 Å². The SMILES string of the molecule is CC(C)Oc1ccnc2c1c(I)cn2S(=O)(=O)c1ccccc1. The van der Waals surface area contributed by atoms with Crippen molar-refractivity contribution >= 4 is 43.6 Å². The largest absolute Gasteiger partial charge is 0.490 e. The molecule has 0 aliphatic carbocycles. The highest BCUT2D eigenvalue weighted by Crippen LogP contribution is 2.32. The molecule has 0 saturated heterocycles. The number of ether oxygens (including phenoxy) is 1. The Kier molecular flexibility index (Phi) is 4.33. The highest BCUT2D eigenvalue weighted by Gasteiger charge is 2.23. The Balaban J connectivity index is 2.25. The molecule has 7 heteroatoms. The van der Waals surface area contributed by atoms with Crippen molar-refractivity contribution in [3.05, 3.63) is 52.4 Å². The third-order valence-electron chi connectivity index (χ3n) is 3.23. The fourth-order valence-corrected chi connectivity index (χ4v) is 4.61. The second-order valence-corrected chi connectivity index (χ2v) is 8.24. The highest BCUT2D eigenvalue weighted by atomic mass is 127. The molecule has 0 fully saturated rings. The summed E-state index contributed by atoms with van der Waals surface area (Å²) in [5, 5.41) is 0.710. The number of benzene rings is 1. The summed E-state index contributed by atoms with van der Waals surface area (Å²) in [5.74, 6) is 0.636. The summed E-state index contributed by atoms with van der Waals surface area (Å²) in [6.45, 7) is 3.85. The van der Waals surface area contributed by atoms with Crippen molar-refractivity contribution in [2.45, 2.75) is 24.8 Å². The number of hydrogen-bond acceptors (Lipinski definition) is 4. The van der Waals surface area contributed by atoms with Crippen LogP contribution in [0.1, 0.15) is 13.8 Å². The van der Waals surface area contributed by atoms with Gasteiger partial charge in [-0.3, -0.25) is 0 Å². The summed E-state index contributed by atoms with van der Waals surface area (Å²) in [7, 11) is -3.70. The lowest BCUT2D eigenvalue weighted by Gasteiger charge is -2.11. The lowest BCUT2D eigenvalue weighted by Crippen LogP contribution is -2.12. The van der Waals surface area contributed by atoms with Gasteiger partial charge in [0.05, 0.1) is 16.4 Å². The maximum absolute atomic E-state index is 12.9. The van der Waals surface area contributed by atoms with Crippen molar-refractivity contribution < 1.29 is 13.2 Å². The number of aromatic nitrogens is 2. The lowest BCUT2D eigenvalue weighted by molar-refractivity contribution is 0.245. The maximum atomic E-state index is 12.9. The minimum atomic E-state index is -3.70. The van der Waals surface area contributed by atoms with Crippen LogP contribution in [-0.2, 0) is 10.0 Å². The number of hydrogen-bond donors (Lipinski definition) is 0. The van der Waals surface area contributed by atoms with Crippen molar-refractivity contribution in [3.63, 3.8) is 0 Å². The molecular formula is C16H15IN2O3S. The Hall–Kier alpha value is -1.61. The van der Waals surface area contributed by atoms with E-state index in [1.165, 1.54) is 3.97 Å². The Labute approximate surface area is 148 Å². The quantitative estimate of drug-likeness (QED) is 0.579. The van der Waals surface area contributed by atoms with Gasteiger partial charge in [0.1, 0.15) is 5.75 Å². The Morgan fingerprint density at radius 2 is 1.87 bits per heavy atom. The molecular weight excluding hydrogens is 427 g/mol. The summed E-state index contributed by atoms with van der Waals surface area (Å²) in [5.41, 5.74) is 0.372. The summed E-state index contributed by atoms with van der Waals surface area (Å²) < 4.78 is 33.5. The molecule has 0 radical (unpaired) electrons. The zero-order valence-electron chi connectivity index (χ0n) is 12.6. The van der Waals surface area contributed by atoms with Crippen LogP contribution in [0.25, 0.3) is 11.0 Å². The van der Waals surface area contributed by atoms with Crippen LogP contribution in [0.15, 0.2) is 53.7 Å². The molecule has 0 unspecified atom stereocenters. The van der Waals surface area contributed by atoms with Gasteiger partial charge < -0.3 is 4.74 Å². The van der Waals surface area contributed by atoms with E-state index in [4.69, 9.17) is 4.74 Å². The average molecular weight is 442 g/mol. The van der Waals surface area contributed by atoms with Gasteiger partial charge in [-0.2, -0.15) is 0 Å². The molecule has 3 aromatic rings. The Morgan fingerprint density at radius 1 is 1.17 bits per heavy atom. The Morgan fingerprint density at radius 3 is 2.52 bits per heavy atom. The number of halogens is 1. The molecule has 1 aromatic carbocycles. The first-order valence-corrected chi connectivity index (χ1v) is 9.56. The van der Waals surface area contributed by atoms with E-state index >= 15 is 0 Å². The highest BCUT2D eigenvalue weighted by molar-refractivity contribution is 14.1. The number of nitrogens with zero attached hydrogens (tertiary/aromatic N) is 2. The van der Waals surface area contributed by atoms with Crippen molar-refractivity contribution in [1.29, 1.82) is 0 Å². The van der Waals surface area contributed by atoms with Crippen LogP contribution in [0.5, 0.6) is 5.75 Å². The van der Waals surface area contributed by atoms with Gasteiger partial charge >= 0.3 is 0 Å². The molecule has 23 heavy (non-hydrogen) atoms. The topological polar surface area (TPSA) is 61.2 Å². The maximum Gasteiger partial charge on any atom is 0.269 e. The fourth-order valence-electron chi connectivity index (χ4n) is 2.30. The summed E-state index contributed by atoms with van der Waals surface area (Å²) >= 11 is 2.11. The molecule has 0 aliphatic heterocycles. The van der Waals surface area contributed by atoms with Crippen molar-refractivity contribution in [2.24, 2.45) is 0 Å². The van der Waals surface area contributed by atoms with E-state index in [0.717, 1.165) is 3.57 Å². The van der Waals surface area contributed by atoms with E-state index in [9.17, 15) is 8.42 Å². The number of rotatable bonds is 4. The van der Waals surface area contributed by atoms with Gasteiger partial charge in [0.25, 0.3) is 10.0 Å². The first kappa shape index (κ1) is 16.3. The molecule has 5 nitrogen and oxygen atoms in total. The van der Waals surface area contributed by atoms with Crippen LogP contribution in [0.3, 0.4) is 0 Å². The van der Waals surface area contributed by atoms with E-state index in [2.05, 4.69) is 27.6 Å². The van der Waals surface area contributed by atoms with Gasteiger partial charge in [-0.05, 0) is 54.6 Å². The first-order chi connectivity index (χ1) is 10.9.